The number of sulfonamides is 1. The van der Waals surface area contributed by atoms with E-state index in [1.54, 1.807) is 16.1 Å². The van der Waals surface area contributed by atoms with Crippen molar-refractivity contribution < 1.29 is 13.2 Å². The number of carbonyl (C=O) groups is 1. The van der Waals surface area contributed by atoms with Gasteiger partial charge in [-0.05, 0) is 31.9 Å². The van der Waals surface area contributed by atoms with Gasteiger partial charge in [0.25, 0.3) is 0 Å². The van der Waals surface area contributed by atoms with Gasteiger partial charge in [-0.25, -0.2) is 8.42 Å². The van der Waals surface area contributed by atoms with E-state index in [9.17, 15) is 13.2 Å². The van der Waals surface area contributed by atoms with Crippen LogP contribution in [0.5, 0.6) is 0 Å². The van der Waals surface area contributed by atoms with Gasteiger partial charge in [-0.15, -0.1) is 0 Å². The Morgan fingerprint density at radius 3 is 2.52 bits per heavy atom. The lowest BCUT2D eigenvalue weighted by Gasteiger charge is -2.39. The Bertz CT molecular complexity index is 630. The maximum absolute atomic E-state index is 12.3. The van der Waals surface area contributed by atoms with Crippen LogP contribution in [0, 0.1) is 0 Å². The molecule has 2 heterocycles. The van der Waals surface area contributed by atoms with Crippen molar-refractivity contribution in [1.29, 1.82) is 0 Å². The molecule has 0 unspecified atom stereocenters. The van der Waals surface area contributed by atoms with Gasteiger partial charge in [-0.1, -0.05) is 18.2 Å². The van der Waals surface area contributed by atoms with Gasteiger partial charge in [0.05, 0.1) is 11.8 Å². The Labute approximate surface area is 125 Å². The molecule has 2 fully saturated rings. The molecule has 0 radical (unpaired) electrons. The van der Waals surface area contributed by atoms with Crippen molar-refractivity contribution in [3.63, 3.8) is 0 Å². The summed E-state index contributed by atoms with van der Waals surface area (Å²) in [5.41, 5.74) is 0.868. The number of rotatable bonds is 3. The molecule has 2 saturated heterocycles. The number of benzene rings is 1. The fourth-order valence-electron chi connectivity index (χ4n) is 3.46. The Morgan fingerprint density at radius 2 is 1.86 bits per heavy atom. The normalized spacial score (nSPS) is 26.9. The first-order valence-electron chi connectivity index (χ1n) is 7.41. The molecule has 1 aromatic carbocycles. The maximum Gasteiger partial charge on any atom is 0.227 e. The fraction of sp³-hybridized carbons (Fsp3) is 0.533. The summed E-state index contributed by atoms with van der Waals surface area (Å²) in [6, 6.07) is 9.44. The van der Waals surface area contributed by atoms with E-state index >= 15 is 0 Å². The van der Waals surface area contributed by atoms with Crippen LogP contribution in [0.25, 0.3) is 0 Å². The second-order valence-corrected chi connectivity index (χ2v) is 7.78. The smallest absolute Gasteiger partial charge is 0.227 e. The molecule has 1 aromatic rings. The summed E-state index contributed by atoms with van der Waals surface area (Å²) in [7, 11) is -3.20. The van der Waals surface area contributed by atoms with Gasteiger partial charge in [-0.2, -0.15) is 4.31 Å². The Balaban J connectivity index is 1.93. The van der Waals surface area contributed by atoms with E-state index in [-0.39, 0.29) is 23.7 Å². The Morgan fingerprint density at radius 1 is 1.14 bits per heavy atom. The zero-order chi connectivity index (χ0) is 15.0. The minimum Gasteiger partial charge on any atom is -0.308 e. The standard InChI is InChI=1S/C15H20N2O3S/c1-2-21(19,20)16-11-10-14-13(16)8-9-15(18)17(14)12-6-4-3-5-7-12/h3-7,13-14H,2,8-11H2,1H3/t13-,14-/m0/s1. The van der Waals surface area contributed by atoms with Crippen LogP contribution in [0.3, 0.4) is 0 Å². The van der Waals surface area contributed by atoms with Crippen LogP contribution in [-0.2, 0) is 14.8 Å². The van der Waals surface area contributed by atoms with Crippen LogP contribution in [0.15, 0.2) is 30.3 Å². The van der Waals surface area contributed by atoms with Crippen LogP contribution in [0.4, 0.5) is 5.69 Å². The summed E-state index contributed by atoms with van der Waals surface area (Å²) in [5.74, 6) is 0.216. The topological polar surface area (TPSA) is 57.7 Å². The van der Waals surface area contributed by atoms with Crippen molar-refractivity contribution >= 4 is 21.6 Å². The molecule has 1 amide bonds. The third kappa shape index (κ3) is 2.46. The number of amides is 1. The number of para-hydroxylation sites is 1. The molecule has 2 aliphatic rings. The van der Waals surface area contributed by atoms with Crippen molar-refractivity contribution in [1.82, 2.24) is 4.31 Å². The number of hydrogen-bond donors (Lipinski definition) is 0. The highest BCUT2D eigenvalue weighted by atomic mass is 32.2. The molecule has 0 saturated carbocycles. The molecule has 6 heteroatoms. The van der Waals surface area contributed by atoms with Crippen molar-refractivity contribution in [2.24, 2.45) is 0 Å². The van der Waals surface area contributed by atoms with Gasteiger partial charge in [0.1, 0.15) is 0 Å². The summed E-state index contributed by atoms with van der Waals surface area (Å²) in [4.78, 5) is 14.1. The van der Waals surface area contributed by atoms with E-state index in [0.717, 1.165) is 5.69 Å². The van der Waals surface area contributed by atoms with Gasteiger partial charge >= 0.3 is 0 Å². The molecule has 0 N–H and O–H groups in total. The van der Waals surface area contributed by atoms with E-state index in [0.29, 0.717) is 25.8 Å². The Hall–Kier alpha value is -1.40. The maximum atomic E-state index is 12.3. The van der Waals surface area contributed by atoms with Gasteiger partial charge in [0, 0.05) is 24.7 Å². The molecule has 114 valence electrons. The third-order valence-corrected chi connectivity index (χ3v) is 6.37. The minimum absolute atomic E-state index is 0.0324. The first-order chi connectivity index (χ1) is 10.0. The van der Waals surface area contributed by atoms with Gasteiger partial charge in [0.15, 0.2) is 0 Å². The minimum atomic E-state index is -3.20. The molecular formula is C15H20N2O3S. The molecule has 0 bridgehead atoms. The van der Waals surface area contributed by atoms with Gasteiger partial charge < -0.3 is 4.90 Å². The van der Waals surface area contributed by atoms with E-state index in [1.807, 2.05) is 30.3 Å². The summed E-state index contributed by atoms with van der Waals surface area (Å²) in [6.45, 7) is 2.19. The lowest BCUT2D eigenvalue weighted by Crippen LogP contribution is -2.53. The van der Waals surface area contributed by atoms with Crippen LogP contribution in [0.2, 0.25) is 0 Å². The molecule has 2 atom stereocenters. The monoisotopic (exact) mass is 308 g/mol. The van der Waals surface area contributed by atoms with Crippen LogP contribution >= 0.6 is 0 Å². The molecule has 3 rings (SSSR count). The molecule has 0 spiro atoms. The molecule has 2 aliphatic heterocycles. The van der Waals surface area contributed by atoms with Crippen LogP contribution < -0.4 is 4.90 Å². The fourth-order valence-corrected chi connectivity index (χ4v) is 4.83. The first kappa shape index (κ1) is 14.5. The van der Waals surface area contributed by atoms with E-state index in [2.05, 4.69) is 0 Å². The van der Waals surface area contributed by atoms with E-state index in [1.165, 1.54) is 0 Å². The predicted molar refractivity (Wildman–Crippen MR) is 81.5 cm³/mol. The average molecular weight is 308 g/mol. The zero-order valence-corrected chi connectivity index (χ0v) is 12.9. The van der Waals surface area contributed by atoms with Gasteiger partial charge in [-0.3, -0.25) is 4.79 Å². The summed E-state index contributed by atoms with van der Waals surface area (Å²) in [6.07, 6.45) is 1.75. The number of anilines is 1. The largest absolute Gasteiger partial charge is 0.308 e. The second kappa shape index (κ2) is 5.42. The SMILES string of the molecule is CCS(=O)(=O)N1CC[C@H]2[C@@H]1CCC(=O)N2c1ccccc1. The van der Waals surface area contributed by atoms with E-state index < -0.39 is 10.0 Å². The van der Waals surface area contributed by atoms with Crippen molar-refractivity contribution in [3.8, 4) is 0 Å². The van der Waals surface area contributed by atoms with E-state index in [4.69, 9.17) is 0 Å². The van der Waals surface area contributed by atoms with Gasteiger partial charge in [0.2, 0.25) is 15.9 Å². The molecule has 5 nitrogen and oxygen atoms in total. The average Bonchev–Trinajstić information content (AvgIpc) is 2.92. The third-order valence-electron chi connectivity index (χ3n) is 4.47. The molecule has 0 aliphatic carbocycles. The molecule has 0 aromatic heterocycles. The lowest BCUT2D eigenvalue weighted by molar-refractivity contribution is -0.120. The Kier molecular flexibility index (Phi) is 3.75. The number of fused-ring (bicyclic) bond motifs is 1. The quantitative estimate of drug-likeness (QED) is 0.852. The highest BCUT2D eigenvalue weighted by molar-refractivity contribution is 7.89. The summed E-state index contributed by atoms with van der Waals surface area (Å²) >= 11 is 0. The number of nitrogens with zero attached hydrogens (tertiary/aromatic N) is 2. The highest BCUT2D eigenvalue weighted by Crippen LogP contribution is 2.36. The number of piperidine rings is 1. The number of hydrogen-bond acceptors (Lipinski definition) is 3. The summed E-state index contributed by atoms with van der Waals surface area (Å²) < 4.78 is 26.0. The van der Waals surface area contributed by atoms with Crippen molar-refractivity contribution in [2.75, 3.05) is 17.2 Å². The van der Waals surface area contributed by atoms with Crippen LogP contribution in [-0.4, -0.2) is 43.0 Å². The number of carbonyl (C=O) groups excluding carboxylic acids is 1. The predicted octanol–water partition coefficient (Wildman–Crippen LogP) is 1.61. The zero-order valence-electron chi connectivity index (χ0n) is 12.1. The summed E-state index contributed by atoms with van der Waals surface area (Å²) in [5, 5.41) is 0. The highest BCUT2D eigenvalue weighted by Gasteiger charge is 2.47. The van der Waals surface area contributed by atoms with Crippen molar-refractivity contribution in [2.45, 2.75) is 38.3 Å². The molecular weight excluding hydrogens is 288 g/mol. The lowest BCUT2D eigenvalue weighted by atomic mass is 9.96. The van der Waals surface area contributed by atoms with Crippen molar-refractivity contribution in [3.05, 3.63) is 30.3 Å². The molecule has 21 heavy (non-hydrogen) atoms. The first-order valence-corrected chi connectivity index (χ1v) is 9.02. The van der Waals surface area contributed by atoms with Crippen LogP contribution in [0.1, 0.15) is 26.2 Å². The second-order valence-electron chi connectivity index (χ2n) is 5.57.